The van der Waals surface area contributed by atoms with Gasteiger partial charge in [0.25, 0.3) is 0 Å². The Labute approximate surface area is 117 Å². The minimum atomic E-state index is 0.702. The van der Waals surface area contributed by atoms with Crippen LogP contribution in [0.3, 0.4) is 0 Å². The minimum absolute atomic E-state index is 0.702. The van der Waals surface area contributed by atoms with Gasteiger partial charge in [0.1, 0.15) is 5.15 Å². The number of hydrogen-bond donors (Lipinski definition) is 0. The molecule has 0 saturated heterocycles. The normalized spacial score (nSPS) is 14.7. The highest BCUT2D eigenvalue weighted by Gasteiger charge is 2.20. The van der Waals surface area contributed by atoms with Gasteiger partial charge in [0.15, 0.2) is 0 Å². The third kappa shape index (κ3) is 2.43. The van der Waals surface area contributed by atoms with Crippen molar-refractivity contribution in [3.63, 3.8) is 0 Å². The van der Waals surface area contributed by atoms with Crippen molar-refractivity contribution in [3.8, 4) is 0 Å². The zero-order valence-corrected chi connectivity index (χ0v) is 11.7. The van der Waals surface area contributed by atoms with Gasteiger partial charge < -0.3 is 0 Å². The lowest BCUT2D eigenvalue weighted by molar-refractivity contribution is 0.680. The Bertz CT molecular complexity index is 614. The quantitative estimate of drug-likeness (QED) is 0.842. The second kappa shape index (κ2) is 5.17. The third-order valence-electron chi connectivity index (χ3n) is 3.40. The van der Waals surface area contributed by atoms with Crippen LogP contribution in [0, 0.1) is 6.92 Å². The van der Waals surface area contributed by atoms with E-state index in [0.717, 1.165) is 36.4 Å². The van der Waals surface area contributed by atoms with Gasteiger partial charge in [-0.3, -0.25) is 4.99 Å². The molecule has 2 heterocycles. The van der Waals surface area contributed by atoms with Gasteiger partial charge in [-0.2, -0.15) is 5.10 Å². The molecule has 1 aliphatic heterocycles. The third-order valence-corrected chi connectivity index (χ3v) is 3.79. The molecule has 0 atom stereocenters. The minimum Gasteiger partial charge on any atom is -0.289 e. The van der Waals surface area contributed by atoms with Crippen LogP contribution in [0.5, 0.6) is 0 Å². The highest BCUT2D eigenvalue weighted by molar-refractivity contribution is 6.33. The predicted molar refractivity (Wildman–Crippen MR) is 78.2 cm³/mol. The molecule has 19 heavy (non-hydrogen) atoms. The Morgan fingerprint density at radius 2 is 2.05 bits per heavy atom. The fourth-order valence-electron chi connectivity index (χ4n) is 2.49. The van der Waals surface area contributed by atoms with E-state index < -0.39 is 0 Å². The van der Waals surface area contributed by atoms with Crippen LogP contribution in [0.15, 0.2) is 35.3 Å². The Hall–Kier alpha value is -1.61. The van der Waals surface area contributed by atoms with Gasteiger partial charge in [-0.05, 0) is 25.3 Å². The van der Waals surface area contributed by atoms with Crippen molar-refractivity contribution in [2.45, 2.75) is 26.3 Å². The van der Waals surface area contributed by atoms with E-state index in [4.69, 9.17) is 11.6 Å². The summed E-state index contributed by atoms with van der Waals surface area (Å²) in [6, 6.07) is 10.2. The molecule has 0 spiro atoms. The largest absolute Gasteiger partial charge is 0.289 e. The van der Waals surface area contributed by atoms with Crippen molar-refractivity contribution >= 4 is 17.3 Å². The lowest BCUT2D eigenvalue weighted by atomic mass is 10.1. The van der Waals surface area contributed by atoms with Crippen LogP contribution in [0.2, 0.25) is 5.15 Å². The standard InChI is InChI=1S/C15H16ClN3/c1-11-14(13-8-5-9-17-13)15(16)19(18-11)10-12-6-3-2-4-7-12/h2-4,6-7H,5,8-10H2,1H3. The molecule has 0 bridgehead atoms. The van der Waals surface area contributed by atoms with E-state index in [1.807, 2.05) is 29.8 Å². The number of hydrogen-bond acceptors (Lipinski definition) is 2. The van der Waals surface area contributed by atoms with Gasteiger partial charge in [-0.15, -0.1) is 0 Å². The average molecular weight is 274 g/mol. The molecule has 98 valence electrons. The van der Waals surface area contributed by atoms with E-state index in [1.54, 1.807) is 0 Å². The van der Waals surface area contributed by atoms with Crippen LogP contribution in [0.25, 0.3) is 0 Å². The van der Waals surface area contributed by atoms with Crippen molar-refractivity contribution in [3.05, 3.63) is 52.3 Å². The first-order chi connectivity index (χ1) is 9.25. The van der Waals surface area contributed by atoms with Crippen LogP contribution >= 0.6 is 11.6 Å². The number of benzene rings is 1. The first kappa shape index (κ1) is 12.4. The number of nitrogens with zero attached hydrogens (tertiary/aromatic N) is 3. The number of aliphatic imine (C=N–C) groups is 1. The molecule has 0 saturated carbocycles. The summed E-state index contributed by atoms with van der Waals surface area (Å²) in [6.45, 7) is 3.62. The van der Waals surface area contributed by atoms with Crippen LogP contribution < -0.4 is 0 Å². The maximum absolute atomic E-state index is 6.48. The van der Waals surface area contributed by atoms with Crippen LogP contribution in [-0.2, 0) is 6.54 Å². The Morgan fingerprint density at radius 1 is 1.26 bits per heavy atom. The molecule has 0 radical (unpaired) electrons. The summed E-state index contributed by atoms with van der Waals surface area (Å²) in [7, 11) is 0. The maximum Gasteiger partial charge on any atom is 0.136 e. The van der Waals surface area contributed by atoms with Gasteiger partial charge >= 0.3 is 0 Å². The van der Waals surface area contributed by atoms with E-state index in [-0.39, 0.29) is 0 Å². The molecular formula is C15H16ClN3. The molecule has 3 rings (SSSR count). The van der Waals surface area contributed by atoms with E-state index in [2.05, 4.69) is 22.2 Å². The second-order valence-corrected chi connectivity index (χ2v) is 5.18. The van der Waals surface area contributed by atoms with E-state index >= 15 is 0 Å². The van der Waals surface area contributed by atoms with Gasteiger partial charge in [0.2, 0.25) is 0 Å². The molecule has 0 aliphatic carbocycles. The maximum atomic E-state index is 6.48. The molecule has 1 aliphatic rings. The van der Waals surface area contributed by atoms with Crippen molar-refractivity contribution < 1.29 is 0 Å². The number of aryl methyl sites for hydroxylation is 1. The van der Waals surface area contributed by atoms with Crippen LogP contribution in [0.4, 0.5) is 0 Å². The number of aromatic nitrogens is 2. The highest BCUT2D eigenvalue weighted by atomic mass is 35.5. The lowest BCUT2D eigenvalue weighted by Crippen LogP contribution is -2.02. The summed E-state index contributed by atoms with van der Waals surface area (Å²) >= 11 is 6.48. The molecular weight excluding hydrogens is 258 g/mol. The predicted octanol–water partition coefficient (Wildman–Crippen LogP) is 3.48. The second-order valence-electron chi connectivity index (χ2n) is 4.83. The average Bonchev–Trinajstić information content (AvgIpc) is 3.01. The molecule has 1 aromatic heterocycles. The summed E-state index contributed by atoms with van der Waals surface area (Å²) in [4.78, 5) is 4.53. The number of rotatable bonds is 3. The molecule has 3 nitrogen and oxygen atoms in total. The van der Waals surface area contributed by atoms with Gasteiger partial charge in [0, 0.05) is 12.3 Å². The molecule has 0 fully saturated rings. The summed E-state index contributed by atoms with van der Waals surface area (Å²) in [6.07, 6.45) is 2.13. The summed E-state index contributed by atoms with van der Waals surface area (Å²) in [5.41, 5.74) is 4.32. The lowest BCUT2D eigenvalue weighted by Gasteiger charge is -2.04. The van der Waals surface area contributed by atoms with Gasteiger partial charge in [-0.1, -0.05) is 41.9 Å². The Morgan fingerprint density at radius 3 is 2.74 bits per heavy atom. The fourth-order valence-corrected chi connectivity index (χ4v) is 2.83. The van der Waals surface area contributed by atoms with Crippen LogP contribution in [0.1, 0.15) is 29.7 Å². The van der Waals surface area contributed by atoms with Crippen molar-refractivity contribution in [2.75, 3.05) is 6.54 Å². The SMILES string of the molecule is Cc1nn(Cc2ccccc2)c(Cl)c1C1=NCCC1. The zero-order valence-electron chi connectivity index (χ0n) is 10.9. The van der Waals surface area contributed by atoms with Gasteiger partial charge in [-0.25, -0.2) is 4.68 Å². The fraction of sp³-hybridized carbons (Fsp3) is 0.333. The first-order valence-corrected chi connectivity index (χ1v) is 6.94. The van der Waals surface area contributed by atoms with Crippen LogP contribution in [-0.4, -0.2) is 22.0 Å². The zero-order chi connectivity index (χ0) is 13.2. The molecule has 1 aromatic carbocycles. The molecule has 4 heteroatoms. The first-order valence-electron chi connectivity index (χ1n) is 6.56. The summed E-state index contributed by atoms with van der Waals surface area (Å²) in [5, 5.41) is 5.26. The Kier molecular flexibility index (Phi) is 3.38. The van der Waals surface area contributed by atoms with E-state index in [1.165, 1.54) is 5.56 Å². The Balaban J connectivity index is 1.93. The molecule has 0 amide bonds. The van der Waals surface area contributed by atoms with Gasteiger partial charge in [0.05, 0.1) is 17.8 Å². The van der Waals surface area contributed by atoms with Crippen molar-refractivity contribution in [1.82, 2.24) is 9.78 Å². The summed E-state index contributed by atoms with van der Waals surface area (Å²) < 4.78 is 1.86. The highest BCUT2D eigenvalue weighted by Crippen LogP contribution is 2.25. The molecule has 0 N–H and O–H groups in total. The smallest absolute Gasteiger partial charge is 0.136 e. The molecule has 2 aromatic rings. The monoisotopic (exact) mass is 273 g/mol. The van der Waals surface area contributed by atoms with E-state index in [0.29, 0.717) is 11.7 Å². The van der Waals surface area contributed by atoms with Crippen molar-refractivity contribution in [1.29, 1.82) is 0 Å². The van der Waals surface area contributed by atoms with E-state index in [9.17, 15) is 0 Å². The topological polar surface area (TPSA) is 30.2 Å². The number of halogens is 1. The summed E-state index contributed by atoms with van der Waals surface area (Å²) in [5.74, 6) is 0. The molecule has 0 unspecified atom stereocenters. The van der Waals surface area contributed by atoms with Crippen molar-refractivity contribution in [2.24, 2.45) is 4.99 Å².